The largest absolute Gasteiger partial charge is 0.472 e. The molecule has 1 fully saturated rings. The van der Waals surface area contributed by atoms with Gasteiger partial charge in [0.15, 0.2) is 0 Å². The van der Waals surface area contributed by atoms with Crippen LogP contribution in [0.1, 0.15) is 28.0 Å². The fraction of sp³-hybridized carbons (Fsp3) is 0.278. The molecule has 0 saturated carbocycles. The Kier molecular flexibility index (Phi) is 4.24. The Labute approximate surface area is 135 Å². The number of hydrogen-bond donors (Lipinski definition) is 0. The van der Waals surface area contributed by atoms with Crippen molar-refractivity contribution in [2.24, 2.45) is 0 Å². The Bertz CT molecular complexity index is 750. The average Bonchev–Trinajstić information content (AvgIpc) is 3.03. The lowest BCUT2D eigenvalue weighted by molar-refractivity contribution is 0.0771. The molecule has 116 valence electrons. The highest BCUT2D eigenvalue weighted by Crippen LogP contribution is 2.19. The Morgan fingerprint density at radius 2 is 2.09 bits per heavy atom. The Balaban J connectivity index is 1.62. The van der Waals surface area contributed by atoms with Gasteiger partial charge in [-0.1, -0.05) is 6.07 Å². The number of carbonyl (C=O) groups excluding carboxylic acids is 1. The molecule has 1 aliphatic heterocycles. The van der Waals surface area contributed by atoms with Gasteiger partial charge in [0.1, 0.15) is 6.10 Å². The number of nitriles is 1. The quantitative estimate of drug-likeness (QED) is 0.874. The number of hydrogen-bond acceptors (Lipinski definition) is 4. The third-order valence-corrected chi connectivity index (χ3v) is 3.84. The molecule has 1 aliphatic rings. The van der Waals surface area contributed by atoms with Crippen LogP contribution in [0.25, 0.3) is 0 Å². The van der Waals surface area contributed by atoms with Crippen LogP contribution in [-0.4, -0.2) is 35.0 Å². The number of pyridine rings is 1. The summed E-state index contributed by atoms with van der Waals surface area (Å²) in [7, 11) is 0. The summed E-state index contributed by atoms with van der Waals surface area (Å²) in [6.45, 7) is 3.13. The zero-order valence-corrected chi connectivity index (χ0v) is 12.9. The first-order chi connectivity index (χ1) is 11.2. The first kappa shape index (κ1) is 15.0. The summed E-state index contributed by atoms with van der Waals surface area (Å²) in [5.74, 6) is 0.570. The Morgan fingerprint density at radius 1 is 1.30 bits per heavy atom. The molecule has 3 rings (SSSR count). The molecule has 0 bridgehead atoms. The number of rotatable bonds is 3. The predicted molar refractivity (Wildman–Crippen MR) is 85.1 cm³/mol. The van der Waals surface area contributed by atoms with Crippen LogP contribution < -0.4 is 4.74 Å². The van der Waals surface area contributed by atoms with Gasteiger partial charge in [-0.25, -0.2) is 4.98 Å². The Hall–Kier alpha value is -2.87. The molecule has 1 saturated heterocycles. The first-order valence-electron chi connectivity index (χ1n) is 7.55. The van der Waals surface area contributed by atoms with Crippen LogP contribution in [0.2, 0.25) is 0 Å². The van der Waals surface area contributed by atoms with E-state index in [-0.39, 0.29) is 12.0 Å². The van der Waals surface area contributed by atoms with Crippen molar-refractivity contribution < 1.29 is 9.53 Å². The summed E-state index contributed by atoms with van der Waals surface area (Å²) in [4.78, 5) is 18.6. The van der Waals surface area contributed by atoms with Crippen molar-refractivity contribution in [2.45, 2.75) is 19.4 Å². The second-order valence-corrected chi connectivity index (χ2v) is 5.59. The van der Waals surface area contributed by atoms with Crippen LogP contribution >= 0.6 is 0 Å². The molecule has 0 spiro atoms. The van der Waals surface area contributed by atoms with E-state index in [0.29, 0.717) is 30.1 Å². The third kappa shape index (κ3) is 3.49. The Morgan fingerprint density at radius 3 is 2.78 bits per heavy atom. The van der Waals surface area contributed by atoms with E-state index in [0.717, 1.165) is 12.1 Å². The summed E-state index contributed by atoms with van der Waals surface area (Å²) >= 11 is 0. The highest BCUT2D eigenvalue weighted by atomic mass is 16.5. The molecular weight excluding hydrogens is 290 g/mol. The fourth-order valence-electron chi connectivity index (χ4n) is 2.63. The molecule has 0 unspecified atom stereocenters. The molecule has 1 atom stereocenters. The van der Waals surface area contributed by atoms with Gasteiger partial charge in [0.2, 0.25) is 5.88 Å². The van der Waals surface area contributed by atoms with Gasteiger partial charge in [-0.15, -0.1) is 0 Å². The van der Waals surface area contributed by atoms with Crippen molar-refractivity contribution in [2.75, 3.05) is 13.1 Å². The van der Waals surface area contributed by atoms with E-state index in [9.17, 15) is 4.79 Å². The molecule has 1 amide bonds. The second kappa shape index (κ2) is 6.49. The van der Waals surface area contributed by atoms with Gasteiger partial charge < -0.3 is 9.64 Å². The molecule has 2 heterocycles. The molecule has 0 N–H and O–H groups in total. The molecule has 2 aromatic rings. The minimum absolute atomic E-state index is 0.0298. The lowest BCUT2D eigenvalue weighted by atomic mass is 10.1. The fourth-order valence-corrected chi connectivity index (χ4v) is 2.63. The van der Waals surface area contributed by atoms with E-state index < -0.39 is 0 Å². The molecule has 0 aliphatic carbocycles. The minimum atomic E-state index is -0.0355. The van der Waals surface area contributed by atoms with E-state index in [4.69, 9.17) is 10.00 Å². The zero-order chi connectivity index (χ0) is 16.2. The van der Waals surface area contributed by atoms with E-state index >= 15 is 0 Å². The van der Waals surface area contributed by atoms with Gasteiger partial charge in [-0.05, 0) is 37.3 Å². The zero-order valence-electron chi connectivity index (χ0n) is 12.9. The van der Waals surface area contributed by atoms with Gasteiger partial charge in [-0.2, -0.15) is 5.26 Å². The van der Waals surface area contributed by atoms with Crippen LogP contribution in [-0.2, 0) is 0 Å². The summed E-state index contributed by atoms with van der Waals surface area (Å²) in [5, 5.41) is 8.81. The van der Waals surface area contributed by atoms with Crippen molar-refractivity contribution in [3.8, 4) is 11.9 Å². The molecule has 1 aromatic heterocycles. The molecule has 5 heteroatoms. The normalized spacial score (nSPS) is 16.9. The molecule has 5 nitrogen and oxygen atoms in total. The van der Waals surface area contributed by atoms with Crippen LogP contribution in [0, 0.1) is 18.3 Å². The first-order valence-corrected chi connectivity index (χ1v) is 7.55. The summed E-state index contributed by atoms with van der Waals surface area (Å²) < 4.78 is 5.86. The number of carbonyl (C=O) groups is 1. The molecular formula is C18H17N3O2. The SMILES string of the molecule is Cc1cccc(O[C@@H]2CCN(C(=O)c3ccc(C#N)cc3)C2)n1. The standard InChI is InChI=1S/C18H17N3O2/c1-13-3-2-4-17(20-13)23-16-9-10-21(12-16)18(22)15-7-5-14(11-19)6-8-15/h2-8,16H,9-10,12H2,1H3/t16-/m1/s1. The van der Waals surface area contributed by atoms with Crippen molar-refractivity contribution in [1.29, 1.82) is 5.26 Å². The highest BCUT2D eigenvalue weighted by molar-refractivity contribution is 5.94. The highest BCUT2D eigenvalue weighted by Gasteiger charge is 2.28. The minimum Gasteiger partial charge on any atom is -0.472 e. The summed E-state index contributed by atoms with van der Waals surface area (Å²) in [6.07, 6.45) is 0.754. The number of nitrogens with zero attached hydrogens (tertiary/aromatic N) is 3. The van der Waals surface area contributed by atoms with Gasteiger partial charge in [0.25, 0.3) is 5.91 Å². The maximum atomic E-state index is 12.5. The lowest BCUT2D eigenvalue weighted by Gasteiger charge is -2.17. The van der Waals surface area contributed by atoms with Gasteiger partial charge in [0.05, 0.1) is 18.2 Å². The molecule has 1 aromatic carbocycles. The van der Waals surface area contributed by atoms with Gasteiger partial charge in [0, 0.05) is 30.3 Å². The van der Waals surface area contributed by atoms with Crippen molar-refractivity contribution in [3.05, 3.63) is 59.3 Å². The molecule has 23 heavy (non-hydrogen) atoms. The van der Waals surface area contributed by atoms with Crippen LogP contribution in [0.3, 0.4) is 0 Å². The van der Waals surface area contributed by atoms with Crippen LogP contribution in [0.15, 0.2) is 42.5 Å². The number of amides is 1. The summed E-state index contributed by atoms with van der Waals surface area (Å²) in [6, 6.07) is 14.4. The van der Waals surface area contributed by atoms with Crippen LogP contribution in [0.4, 0.5) is 0 Å². The summed E-state index contributed by atoms with van der Waals surface area (Å²) in [5.41, 5.74) is 2.05. The smallest absolute Gasteiger partial charge is 0.253 e. The topological polar surface area (TPSA) is 66.2 Å². The number of aromatic nitrogens is 1. The maximum absolute atomic E-state index is 12.5. The van der Waals surface area contributed by atoms with Gasteiger partial charge in [-0.3, -0.25) is 4.79 Å². The van der Waals surface area contributed by atoms with Crippen molar-refractivity contribution in [1.82, 2.24) is 9.88 Å². The third-order valence-electron chi connectivity index (χ3n) is 3.84. The van der Waals surface area contributed by atoms with E-state index in [1.165, 1.54) is 0 Å². The number of benzene rings is 1. The van der Waals surface area contributed by atoms with E-state index in [2.05, 4.69) is 4.98 Å². The van der Waals surface area contributed by atoms with Crippen molar-refractivity contribution >= 4 is 5.91 Å². The monoisotopic (exact) mass is 307 g/mol. The second-order valence-electron chi connectivity index (χ2n) is 5.59. The number of ether oxygens (including phenoxy) is 1. The van der Waals surface area contributed by atoms with E-state index in [1.807, 2.05) is 31.2 Å². The van der Waals surface area contributed by atoms with Crippen LogP contribution in [0.5, 0.6) is 5.88 Å². The number of likely N-dealkylation sites (tertiary alicyclic amines) is 1. The lowest BCUT2D eigenvalue weighted by Crippen LogP contribution is -2.31. The number of aryl methyl sites for hydroxylation is 1. The average molecular weight is 307 g/mol. The maximum Gasteiger partial charge on any atom is 0.253 e. The van der Waals surface area contributed by atoms with E-state index in [1.54, 1.807) is 29.2 Å². The molecule has 0 radical (unpaired) electrons. The predicted octanol–water partition coefficient (Wildman–Crippen LogP) is 2.56. The van der Waals surface area contributed by atoms with Gasteiger partial charge >= 0.3 is 0 Å². The van der Waals surface area contributed by atoms with Crippen molar-refractivity contribution in [3.63, 3.8) is 0 Å².